The van der Waals surface area contributed by atoms with Crippen LogP contribution in [0, 0.1) is 0 Å². The molecule has 0 fully saturated rings. The number of hydrogen-bond acceptors (Lipinski definition) is 3. The van der Waals surface area contributed by atoms with E-state index in [1.165, 1.54) is 6.26 Å². The van der Waals surface area contributed by atoms with Gasteiger partial charge in [-0.2, -0.15) is 4.21 Å². The van der Waals surface area contributed by atoms with Gasteiger partial charge in [-0.15, -0.1) is 0 Å². The van der Waals surface area contributed by atoms with E-state index in [-0.39, 0.29) is 5.95 Å². The molecule has 1 unspecified atom stereocenters. The Hall–Kier alpha value is -1.33. The molecule has 1 atom stereocenters. The first kappa shape index (κ1) is 8.28. The van der Waals surface area contributed by atoms with E-state index < -0.39 is 11.4 Å². The molecule has 0 saturated carbocycles. The van der Waals surface area contributed by atoms with Gasteiger partial charge in [0, 0.05) is 5.39 Å². The van der Waals surface area contributed by atoms with Gasteiger partial charge in [-0.05, 0) is 6.07 Å². The molecular weight excluding hydrogens is 192 g/mol. The third-order valence-corrected chi connectivity index (χ3v) is 1.91. The zero-order valence-corrected chi connectivity index (χ0v) is 7.28. The Morgan fingerprint density at radius 2 is 2.15 bits per heavy atom. The number of furan rings is 1. The van der Waals surface area contributed by atoms with Gasteiger partial charge in [0.1, 0.15) is 6.26 Å². The van der Waals surface area contributed by atoms with Crippen molar-refractivity contribution in [1.82, 2.24) is 0 Å². The van der Waals surface area contributed by atoms with Crippen molar-refractivity contribution in [3.05, 3.63) is 30.5 Å². The fraction of sp³-hybridized carbons (Fsp3) is 0. The third-order valence-electron chi connectivity index (χ3n) is 1.62. The van der Waals surface area contributed by atoms with E-state index in [0.717, 1.165) is 5.39 Å². The summed E-state index contributed by atoms with van der Waals surface area (Å²) in [5.41, 5.74) is 0. The Bertz CT molecular complexity index is 448. The topological polar surface area (TPSA) is 59.7 Å². The van der Waals surface area contributed by atoms with Crippen LogP contribution in [0.15, 0.2) is 34.9 Å². The zero-order valence-electron chi connectivity index (χ0n) is 6.47. The standard InChI is InChI=1S/C8H6O4S/c9-13(10)12-8-7-4-2-1-3-6(7)5-11-8/h1-5H,(H,9,10). The molecule has 2 rings (SSSR count). The van der Waals surface area contributed by atoms with Crippen LogP contribution in [0.3, 0.4) is 0 Å². The molecule has 0 spiro atoms. The average Bonchev–Trinajstić information content (AvgIpc) is 2.48. The first-order valence-electron chi connectivity index (χ1n) is 3.53. The summed E-state index contributed by atoms with van der Waals surface area (Å²) in [6.45, 7) is 0. The van der Waals surface area contributed by atoms with Gasteiger partial charge in [-0.25, -0.2) is 0 Å². The normalized spacial score (nSPS) is 13.0. The predicted molar refractivity (Wildman–Crippen MR) is 47.6 cm³/mol. The van der Waals surface area contributed by atoms with Gasteiger partial charge < -0.3 is 8.60 Å². The van der Waals surface area contributed by atoms with Crippen LogP contribution < -0.4 is 4.18 Å². The molecule has 0 saturated heterocycles. The summed E-state index contributed by atoms with van der Waals surface area (Å²) in [5, 5.41) is 1.52. The summed E-state index contributed by atoms with van der Waals surface area (Å²) in [4.78, 5) is 0. The van der Waals surface area contributed by atoms with E-state index in [1.54, 1.807) is 12.1 Å². The molecule has 5 heteroatoms. The van der Waals surface area contributed by atoms with Crippen LogP contribution in [-0.4, -0.2) is 8.76 Å². The first-order chi connectivity index (χ1) is 6.27. The Balaban J connectivity index is 2.51. The van der Waals surface area contributed by atoms with Crippen LogP contribution in [0.1, 0.15) is 0 Å². The van der Waals surface area contributed by atoms with Crippen LogP contribution in [0.2, 0.25) is 0 Å². The molecular formula is C8H6O4S. The van der Waals surface area contributed by atoms with E-state index in [4.69, 9.17) is 8.97 Å². The van der Waals surface area contributed by atoms with Crippen molar-refractivity contribution in [1.29, 1.82) is 0 Å². The molecule has 0 bridgehead atoms. The molecule has 0 aliphatic carbocycles. The number of hydrogen-bond donors (Lipinski definition) is 1. The maximum Gasteiger partial charge on any atom is 0.360 e. The summed E-state index contributed by atoms with van der Waals surface area (Å²) in [7, 11) is 0. The average molecular weight is 198 g/mol. The van der Waals surface area contributed by atoms with Crippen LogP contribution >= 0.6 is 0 Å². The lowest BCUT2D eigenvalue weighted by Gasteiger charge is -1.93. The predicted octanol–water partition coefficient (Wildman–Crippen LogP) is 1.95. The smallest absolute Gasteiger partial charge is 0.360 e. The molecule has 1 N–H and O–H groups in total. The fourth-order valence-corrected chi connectivity index (χ4v) is 1.35. The maximum atomic E-state index is 10.3. The molecule has 0 aliphatic rings. The molecule has 1 aromatic heterocycles. The van der Waals surface area contributed by atoms with Crippen molar-refractivity contribution in [2.75, 3.05) is 0 Å². The van der Waals surface area contributed by atoms with Gasteiger partial charge in [-0.3, -0.25) is 4.55 Å². The summed E-state index contributed by atoms with van der Waals surface area (Å²) >= 11 is -2.34. The highest BCUT2D eigenvalue weighted by atomic mass is 32.2. The number of benzene rings is 1. The minimum absolute atomic E-state index is 0.0661. The van der Waals surface area contributed by atoms with Crippen LogP contribution in [0.25, 0.3) is 10.8 Å². The Morgan fingerprint density at radius 3 is 2.92 bits per heavy atom. The van der Waals surface area contributed by atoms with Gasteiger partial charge in [-0.1, -0.05) is 18.2 Å². The van der Waals surface area contributed by atoms with E-state index in [2.05, 4.69) is 4.18 Å². The lowest BCUT2D eigenvalue weighted by atomic mass is 10.2. The summed E-state index contributed by atoms with van der Waals surface area (Å²) in [6.07, 6.45) is 1.47. The van der Waals surface area contributed by atoms with Crippen molar-refractivity contribution in [3.8, 4) is 5.95 Å². The molecule has 68 valence electrons. The molecule has 1 heterocycles. The minimum atomic E-state index is -2.34. The second kappa shape index (κ2) is 3.20. The van der Waals surface area contributed by atoms with E-state index in [1.807, 2.05) is 12.1 Å². The monoisotopic (exact) mass is 198 g/mol. The van der Waals surface area contributed by atoms with Crippen molar-refractivity contribution in [2.24, 2.45) is 0 Å². The quantitative estimate of drug-likeness (QED) is 0.749. The molecule has 13 heavy (non-hydrogen) atoms. The fourth-order valence-electron chi connectivity index (χ4n) is 1.10. The van der Waals surface area contributed by atoms with Crippen molar-refractivity contribution in [3.63, 3.8) is 0 Å². The lowest BCUT2D eigenvalue weighted by Crippen LogP contribution is -1.95. The van der Waals surface area contributed by atoms with Gasteiger partial charge in [0.05, 0.1) is 5.39 Å². The van der Waals surface area contributed by atoms with E-state index in [0.29, 0.717) is 5.39 Å². The van der Waals surface area contributed by atoms with Crippen LogP contribution in [0.4, 0.5) is 0 Å². The van der Waals surface area contributed by atoms with Crippen LogP contribution in [-0.2, 0) is 11.4 Å². The summed E-state index contributed by atoms with van der Waals surface area (Å²) in [5.74, 6) is 0.0661. The molecule has 0 amide bonds. The SMILES string of the molecule is O=S(O)Oc1occ2ccccc12. The van der Waals surface area contributed by atoms with Crippen LogP contribution in [0.5, 0.6) is 5.95 Å². The van der Waals surface area contributed by atoms with E-state index in [9.17, 15) is 4.21 Å². The first-order valence-corrected chi connectivity index (χ1v) is 4.56. The highest BCUT2D eigenvalue weighted by molar-refractivity contribution is 7.74. The summed E-state index contributed by atoms with van der Waals surface area (Å²) in [6, 6.07) is 7.22. The maximum absolute atomic E-state index is 10.3. The molecule has 1 aromatic carbocycles. The highest BCUT2D eigenvalue weighted by Crippen LogP contribution is 2.27. The highest BCUT2D eigenvalue weighted by Gasteiger charge is 2.08. The minimum Gasteiger partial charge on any atom is -0.432 e. The Morgan fingerprint density at radius 1 is 1.38 bits per heavy atom. The van der Waals surface area contributed by atoms with E-state index >= 15 is 0 Å². The summed E-state index contributed by atoms with van der Waals surface area (Å²) < 4.78 is 28.3. The number of fused-ring (bicyclic) bond motifs is 1. The number of rotatable bonds is 2. The van der Waals surface area contributed by atoms with Crippen molar-refractivity contribution < 1.29 is 17.4 Å². The second-order valence-electron chi connectivity index (χ2n) is 2.41. The Labute approximate surface area is 76.6 Å². The van der Waals surface area contributed by atoms with Gasteiger partial charge in [0.15, 0.2) is 0 Å². The second-order valence-corrected chi connectivity index (χ2v) is 3.01. The van der Waals surface area contributed by atoms with Crippen molar-refractivity contribution >= 4 is 22.1 Å². The van der Waals surface area contributed by atoms with Gasteiger partial charge in [0.2, 0.25) is 0 Å². The van der Waals surface area contributed by atoms with Gasteiger partial charge >= 0.3 is 17.3 Å². The largest absolute Gasteiger partial charge is 0.432 e. The third kappa shape index (κ3) is 1.56. The molecule has 2 aromatic rings. The van der Waals surface area contributed by atoms with Gasteiger partial charge in [0.25, 0.3) is 0 Å². The molecule has 4 nitrogen and oxygen atoms in total. The lowest BCUT2D eigenvalue weighted by molar-refractivity contribution is 0.376. The zero-order chi connectivity index (χ0) is 9.26. The Kier molecular flexibility index (Phi) is 2.03. The van der Waals surface area contributed by atoms with Crippen molar-refractivity contribution in [2.45, 2.75) is 0 Å². The molecule has 0 radical (unpaired) electrons. The molecule has 0 aliphatic heterocycles.